The van der Waals surface area contributed by atoms with Crippen LogP contribution in [-0.4, -0.2) is 16.4 Å². The second kappa shape index (κ2) is 6.36. The summed E-state index contributed by atoms with van der Waals surface area (Å²) in [6.07, 6.45) is 3.95. The SMILES string of the molecule is CCC(CC)(CCl)NCc1ccnc2ccccc12. The Kier molecular flexibility index (Phi) is 4.78. The van der Waals surface area contributed by atoms with Crippen molar-refractivity contribution in [2.24, 2.45) is 0 Å². The van der Waals surface area contributed by atoms with Gasteiger partial charge in [-0.05, 0) is 30.5 Å². The number of halogens is 1. The number of nitrogens with one attached hydrogen (secondary N) is 1. The first-order valence-electron chi connectivity index (χ1n) is 6.88. The standard InChI is InChI=1S/C16H21ClN2/c1-3-16(4-2,12-17)19-11-13-9-10-18-15-8-6-5-7-14(13)15/h5-10,19H,3-4,11-12H2,1-2H3. The van der Waals surface area contributed by atoms with Crippen LogP contribution in [0.25, 0.3) is 10.9 Å². The fraction of sp³-hybridized carbons (Fsp3) is 0.438. The molecule has 0 aliphatic rings. The lowest BCUT2D eigenvalue weighted by Crippen LogP contribution is -2.45. The number of pyridine rings is 1. The van der Waals surface area contributed by atoms with Crippen molar-refractivity contribution in [3.05, 3.63) is 42.1 Å². The summed E-state index contributed by atoms with van der Waals surface area (Å²) in [6, 6.07) is 10.3. The highest BCUT2D eigenvalue weighted by Crippen LogP contribution is 2.20. The second-order valence-corrected chi connectivity index (χ2v) is 5.23. The molecular formula is C16H21ClN2. The van der Waals surface area contributed by atoms with E-state index in [-0.39, 0.29) is 5.54 Å². The average molecular weight is 277 g/mol. The summed E-state index contributed by atoms with van der Waals surface area (Å²) in [6.45, 7) is 5.20. The van der Waals surface area contributed by atoms with Crippen LogP contribution >= 0.6 is 11.6 Å². The Bertz CT molecular complexity index is 522. The van der Waals surface area contributed by atoms with Crippen molar-refractivity contribution in [1.82, 2.24) is 10.3 Å². The minimum Gasteiger partial charge on any atom is -0.306 e. The van der Waals surface area contributed by atoms with Gasteiger partial charge in [-0.15, -0.1) is 11.6 Å². The summed E-state index contributed by atoms with van der Waals surface area (Å²) in [5.41, 5.74) is 2.36. The molecule has 0 spiro atoms. The smallest absolute Gasteiger partial charge is 0.0705 e. The minimum absolute atomic E-state index is 0.0337. The quantitative estimate of drug-likeness (QED) is 0.803. The van der Waals surface area contributed by atoms with Crippen molar-refractivity contribution < 1.29 is 0 Å². The van der Waals surface area contributed by atoms with Gasteiger partial charge < -0.3 is 5.32 Å². The Morgan fingerprint density at radius 1 is 1.16 bits per heavy atom. The van der Waals surface area contributed by atoms with Crippen LogP contribution in [0.15, 0.2) is 36.5 Å². The molecule has 0 radical (unpaired) electrons. The molecule has 1 heterocycles. The summed E-state index contributed by atoms with van der Waals surface area (Å²) < 4.78 is 0. The van der Waals surface area contributed by atoms with Gasteiger partial charge in [-0.1, -0.05) is 32.0 Å². The molecule has 2 nitrogen and oxygen atoms in total. The van der Waals surface area contributed by atoms with Crippen molar-refractivity contribution in [3.8, 4) is 0 Å². The number of hydrogen-bond acceptors (Lipinski definition) is 2. The number of aromatic nitrogens is 1. The van der Waals surface area contributed by atoms with Crippen molar-refractivity contribution in [2.45, 2.75) is 38.8 Å². The van der Waals surface area contributed by atoms with Gasteiger partial charge in [0.25, 0.3) is 0 Å². The first-order valence-corrected chi connectivity index (χ1v) is 7.41. The van der Waals surface area contributed by atoms with E-state index in [1.807, 2.05) is 18.3 Å². The molecule has 0 fully saturated rings. The fourth-order valence-corrected chi connectivity index (χ4v) is 2.80. The third-order valence-corrected chi connectivity index (χ3v) is 4.51. The minimum atomic E-state index is 0.0337. The van der Waals surface area contributed by atoms with Crippen molar-refractivity contribution in [2.75, 3.05) is 5.88 Å². The molecule has 1 aromatic heterocycles. The summed E-state index contributed by atoms with van der Waals surface area (Å²) in [7, 11) is 0. The molecule has 0 atom stereocenters. The molecule has 0 aliphatic heterocycles. The topological polar surface area (TPSA) is 24.9 Å². The van der Waals surface area contributed by atoms with Crippen LogP contribution in [0.3, 0.4) is 0 Å². The molecule has 1 aromatic carbocycles. The molecule has 19 heavy (non-hydrogen) atoms. The maximum atomic E-state index is 6.13. The highest BCUT2D eigenvalue weighted by molar-refractivity contribution is 6.18. The zero-order chi connectivity index (χ0) is 13.7. The molecule has 3 heteroatoms. The third kappa shape index (κ3) is 3.07. The lowest BCUT2D eigenvalue weighted by molar-refractivity contribution is 0.335. The molecule has 0 bridgehead atoms. The molecule has 0 unspecified atom stereocenters. The molecule has 0 amide bonds. The fourth-order valence-electron chi connectivity index (χ4n) is 2.33. The number of para-hydroxylation sites is 1. The lowest BCUT2D eigenvalue weighted by atomic mass is 9.94. The van der Waals surface area contributed by atoms with Crippen LogP contribution in [-0.2, 0) is 6.54 Å². The van der Waals surface area contributed by atoms with Gasteiger partial charge in [0.15, 0.2) is 0 Å². The average Bonchev–Trinajstić information content (AvgIpc) is 2.49. The molecule has 1 N–H and O–H groups in total. The summed E-state index contributed by atoms with van der Waals surface area (Å²) >= 11 is 6.13. The highest BCUT2D eigenvalue weighted by atomic mass is 35.5. The Balaban J connectivity index is 2.22. The van der Waals surface area contributed by atoms with E-state index in [0.29, 0.717) is 5.88 Å². The number of hydrogen-bond donors (Lipinski definition) is 1. The summed E-state index contributed by atoms with van der Waals surface area (Å²) in [5.74, 6) is 0.642. The largest absolute Gasteiger partial charge is 0.306 e. The van der Waals surface area contributed by atoms with Gasteiger partial charge in [-0.3, -0.25) is 4.98 Å². The molecule has 102 valence electrons. The van der Waals surface area contributed by atoms with E-state index < -0.39 is 0 Å². The molecular weight excluding hydrogens is 256 g/mol. The van der Waals surface area contributed by atoms with E-state index in [9.17, 15) is 0 Å². The summed E-state index contributed by atoms with van der Waals surface area (Å²) in [5, 5.41) is 4.85. The van der Waals surface area contributed by atoms with Crippen molar-refractivity contribution in [3.63, 3.8) is 0 Å². The van der Waals surface area contributed by atoms with Crippen LogP contribution in [0.2, 0.25) is 0 Å². The van der Waals surface area contributed by atoms with Crippen LogP contribution in [0.5, 0.6) is 0 Å². The molecule has 2 aromatic rings. The van der Waals surface area contributed by atoms with E-state index in [4.69, 9.17) is 11.6 Å². The van der Waals surface area contributed by atoms with Gasteiger partial charge in [-0.2, -0.15) is 0 Å². The molecule has 0 saturated heterocycles. The van der Waals surface area contributed by atoms with Crippen LogP contribution < -0.4 is 5.32 Å². The number of fused-ring (bicyclic) bond motifs is 1. The van der Waals surface area contributed by atoms with Gasteiger partial charge in [0, 0.05) is 29.5 Å². The number of alkyl halides is 1. The maximum absolute atomic E-state index is 6.13. The van der Waals surface area contributed by atoms with Gasteiger partial charge >= 0.3 is 0 Å². The zero-order valence-corrected chi connectivity index (χ0v) is 12.4. The number of benzene rings is 1. The van der Waals surface area contributed by atoms with E-state index in [2.05, 4.69) is 42.3 Å². The molecule has 2 rings (SSSR count). The predicted octanol–water partition coefficient (Wildman–Crippen LogP) is 4.12. The van der Waals surface area contributed by atoms with Crippen molar-refractivity contribution >= 4 is 22.5 Å². The van der Waals surface area contributed by atoms with E-state index in [0.717, 1.165) is 24.9 Å². The number of nitrogens with zero attached hydrogens (tertiary/aromatic N) is 1. The van der Waals surface area contributed by atoms with Crippen LogP contribution in [0, 0.1) is 0 Å². The lowest BCUT2D eigenvalue weighted by Gasteiger charge is -2.31. The second-order valence-electron chi connectivity index (χ2n) is 4.96. The van der Waals surface area contributed by atoms with Gasteiger partial charge in [0.2, 0.25) is 0 Å². The third-order valence-electron chi connectivity index (χ3n) is 4.00. The summed E-state index contributed by atoms with van der Waals surface area (Å²) in [4.78, 5) is 4.39. The molecule has 0 aliphatic carbocycles. The van der Waals surface area contributed by atoms with Crippen LogP contribution in [0.4, 0.5) is 0 Å². The zero-order valence-electron chi connectivity index (χ0n) is 11.6. The van der Waals surface area contributed by atoms with E-state index in [1.54, 1.807) is 0 Å². The van der Waals surface area contributed by atoms with Crippen LogP contribution in [0.1, 0.15) is 32.3 Å². The Morgan fingerprint density at radius 3 is 2.58 bits per heavy atom. The highest BCUT2D eigenvalue weighted by Gasteiger charge is 2.24. The van der Waals surface area contributed by atoms with E-state index >= 15 is 0 Å². The van der Waals surface area contributed by atoms with Gasteiger partial charge in [0.1, 0.15) is 0 Å². The van der Waals surface area contributed by atoms with E-state index in [1.165, 1.54) is 10.9 Å². The van der Waals surface area contributed by atoms with Gasteiger partial charge in [-0.25, -0.2) is 0 Å². The Labute approximate surface area is 120 Å². The van der Waals surface area contributed by atoms with Crippen molar-refractivity contribution in [1.29, 1.82) is 0 Å². The first kappa shape index (κ1) is 14.3. The first-order chi connectivity index (χ1) is 9.24. The van der Waals surface area contributed by atoms with Gasteiger partial charge in [0.05, 0.1) is 5.52 Å². The Hall–Kier alpha value is -1.12. The Morgan fingerprint density at radius 2 is 1.89 bits per heavy atom. The number of rotatable bonds is 6. The monoisotopic (exact) mass is 276 g/mol. The maximum Gasteiger partial charge on any atom is 0.0705 e. The molecule has 0 saturated carbocycles. The normalized spacial score (nSPS) is 11.9. The predicted molar refractivity (Wildman–Crippen MR) is 82.6 cm³/mol.